The van der Waals surface area contributed by atoms with Gasteiger partial charge in [-0.1, -0.05) is 50.9 Å². The minimum Gasteiger partial charge on any atom is -0.507 e. The molecule has 1 aliphatic carbocycles. The van der Waals surface area contributed by atoms with E-state index >= 15 is 0 Å². The Hall–Kier alpha value is -3.46. The zero-order chi connectivity index (χ0) is 27.2. The highest BCUT2D eigenvalue weighted by molar-refractivity contribution is 6.34. The van der Waals surface area contributed by atoms with Crippen LogP contribution in [0.5, 0.6) is 5.75 Å². The van der Waals surface area contributed by atoms with Gasteiger partial charge in [-0.3, -0.25) is 9.36 Å². The molecule has 8 nitrogen and oxygen atoms in total. The number of fused-ring (bicyclic) bond motifs is 1. The van der Waals surface area contributed by atoms with E-state index in [0.717, 1.165) is 25.7 Å². The number of aromatic nitrogens is 3. The number of benzene rings is 1. The van der Waals surface area contributed by atoms with E-state index in [0.29, 0.717) is 43.0 Å². The smallest absolute Gasteiger partial charge is 0.351 e. The maximum atomic E-state index is 14.9. The van der Waals surface area contributed by atoms with Crippen LogP contribution >= 0.6 is 11.6 Å². The number of amides is 1. The van der Waals surface area contributed by atoms with Crippen molar-refractivity contribution in [1.29, 1.82) is 0 Å². The third kappa shape index (κ3) is 4.53. The van der Waals surface area contributed by atoms with Crippen LogP contribution in [0, 0.1) is 11.2 Å². The molecule has 1 saturated heterocycles. The van der Waals surface area contributed by atoms with Gasteiger partial charge < -0.3 is 14.9 Å². The summed E-state index contributed by atoms with van der Waals surface area (Å²) in [5, 5.41) is 11.2. The summed E-state index contributed by atoms with van der Waals surface area (Å²) < 4.78 is 16.5. The van der Waals surface area contributed by atoms with Crippen LogP contribution in [0.15, 0.2) is 41.7 Å². The molecule has 0 unspecified atom stereocenters. The number of pyridine rings is 1. The van der Waals surface area contributed by atoms with Gasteiger partial charge in [-0.05, 0) is 42.5 Å². The summed E-state index contributed by atoms with van der Waals surface area (Å²) in [4.78, 5) is 38.7. The molecule has 3 heterocycles. The van der Waals surface area contributed by atoms with Gasteiger partial charge >= 0.3 is 5.69 Å². The molecule has 0 radical (unpaired) electrons. The van der Waals surface area contributed by atoms with Crippen molar-refractivity contribution in [1.82, 2.24) is 19.4 Å². The summed E-state index contributed by atoms with van der Waals surface area (Å²) in [7, 11) is 0. The van der Waals surface area contributed by atoms with Crippen molar-refractivity contribution in [2.75, 3.05) is 31.1 Å². The van der Waals surface area contributed by atoms with Crippen LogP contribution in [-0.4, -0.2) is 56.6 Å². The highest BCUT2D eigenvalue weighted by Gasteiger charge is 2.36. The highest BCUT2D eigenvalue weighted by Crippen LogP contribution is 2.45. The fourth-order valence-corrected chi connectivity index (χ4v) is 6.03. The number of phenolic OH excluding ortho intramolecular Hbond substituents is 1. The molecule has 1 aliphatic heterocycles. The van der Waals surface area contributed by atoms with Gasteiger partial charge in [-0.25, -0.2) is 14.2 Å². The predicted molar refractivity (Wildman–Crippen MR) is 146 cm³/mol. The van der Waals surface area contributed by atoms with Crippen molar-refractivity contribution in [3.8, 4) is 17.0 Å². The zero-order valence-corrected chi connectivity index (χ0v) is 22.3. The predicted octanol–water partition coefficient (Wildman–Crippen LogP) is 4.93. The third-order valence-electron chi connectivity index (χ3n) is 7.89. The number of nitrogens with zero attached hydrogens (tertiary/aromatic N) is 5. The number of anilines is 1. The Morgan fingerprint density at radius 2 is 1.95 bits per heavy atom. The molecule has 38 heavy (non-hydrogen) atoms. The quantitative estimate of drug-likeness (QED) is 0.473. The van der Waals surface area contributed by atoms with Crippen LogP contribution in [0.2, 0.25) is 5.02 Å². The standard InChI is InChI=1S/C28H31ClFN5O3/c1-4-22(37)33-12-14-34(15-13-33)25-17-16-18(29)24(23-19(30)8-7-9-20(23)36)31-26(17)35(27(38)32-25)21-10-5-6-11-28(21,2)3/h4,7-9,16,21,36H,1,5-6,10-15H2,2-3H3/t21-/m0/s1. The molecule has 2 fully saturated rings. The third-order valence-corrected chi connectivity index (χ3v) is 8.18. The van der Waals surface area contributed by atoms with Gasteiger partial charge in [0, 0.05) is 32.2 Å². The zero-order valence-electron chi connectivity index (χ0n) is 21.6. The van der Waals surface area contributed by atoms with Gasteiger partial charge in [0.15, 0.2) is 0 Å². The van der Waals surface area contributed by atoms with Crippen LogP contribution in [0.3, 0.4) is 0 Å². The number of phenols is 1. The average Bonchev–Trinajstić information content (AvgIpc) is 2.89. The largest absolute Gasteiger partial charge is 0.507 e. The lowest BCUT2D eigenvalue weighted by atomic mass is 9.73. The van der Waals surface area contributed by atoms with Crippen molar-refractivity contribution in [3.63, 3.8) is 0 Å². The average molecular weight is 540 g/mol. The van der Waals surface area contributed by atoms with Gasteiger partial charge in [0.1, 0.15) is 23.0 Å². The first-order valence-corrected chi connectivity index (χ1v) is 13.3. The normalized spacial score (nSPS) is 19.5. The molecule has 1 atom stereocenters. The molecule has 2 aliphatic rings. The Bertz CT molecular complexity index is 1460. The number of halogens is 2. The van der Waals surface area contributed by atoms with Gasteiger partial charge in [-0.15, -0.1) is 0 Å². The first kappa shape index (κ1) is 26.2. The van der Waals surface area contributed by atoms with Crippen LogP contribution in [0.4, 0.5) is 10.2 Å². The maximum absolute atomic E-state index is 14.9. The Labute approximate surface area is 225 Å². The van der Waals surface area contributed by atoms with E-state index < -0.39 is 11.5 Å². The van der Waals surface area contributed by atoms with Gasteiger partial charge in [0.25, 0.3) is 0 Å². The molecule has 1 N–H and O–H groups in total. The molecule has 0 spiro atoms. The summed E-state index contributed by atoms with van der Waals surface area (Å²) in [5.41, 5.74) is -0.315. The summed E-state index contributed by atoms with van der Waals surface area (Å²) in [6.07, 6.45) is 5.07. The number of piperazine rings is 1. The second-order valence-corrected chi connectivity index (χ2v) is 11.1. The first-order chi connectivity index (χ1) is 18.1. The number of carbonyl (C=O) groups is 1. The summed E-state index contributed by atoms with van der Waals surface area (Å²) in [5.74, 6) is -0.665. The molecule has 1 amide bonds. The van der Waals surface area contributed by atoms with Gasteiger partial charge in [0.05, 0.1) is 21.7 Å². The van der Waals surface area contributed by atoms with Crippen LogP contribution in [0.25, 0.3) is 22.3 Å². The monoisotopic (exact) mass is 539 g/mol. The Kier molecular flexibility index (Phi) is 6.90. The van der Waals surface area contributed by atoms with Gasteiger partial charge in [-0.2, -0.15) is 4.98 Å². The number of carbonyl (C=O) groups excluding carboxylic acids is 1. The molecular formula is C28H31ClFN5O3. The summed E-state index contributed by atoms with van der Waals surface area (Å²) >= 11 is 6.67. The molecule has 3 aromatic rings. The maximum Gasteiger partial charge on any atom is 0.351 e. The van der Waals surface area contributed by atoms with E-state index in [9.17, 15) is 19.1 Å². The van der Waals surface area contributed by atoms with E-state index in [1.807, 2.05) is 4.90 Å². The Balaban J connectivity index is 1.72. The molecule has 1 aromatic carbocycles. The topological polar surface area (TPSA) is 91.6 Å². The Morgan fingerprint density at radius 3 is 2.61 bits per heavy atom. The Morgan fingerprint density at radius 1 is 1.21 bits per heavy atom. The number of aromatic hydroxyl groups is 1. The van der Waals surface area contributed by atoms with E-state index in [2.05, 4.69) is 25.4 Å². The number of rotatable bonds is 4. The highest BCUT2D eigenvalue weighted by atomic mass is 35.5. The molecule has 5 rings (SSSR count). The number of hydrogen-bond acceptors (Lipinski definition) is 6. The van der Waals surface area contributed by atoms with E-state index in [4.69, 9.17) is 16.6 Å². The molecule has 10 heteroatoms. The molecular weight excluding hydrogens is 509 g/mol. The van der Waals surface area contributed by atoms with Crippen molar-refractivity contribution in [2.45, 2.75) is 45.6 Å². The van der Waals surface area contributed by atoms with E-state index in [1.54, 1.807) is 15.5 Å². The fourth-order valence-electron chi connectivity index (χ4n) is 5.79. The lowest BCUT2D eigenvalue weighted by Crippen LogP contribution is -2.49. The van der Waals surface area contributed by atoms with Crippen LogP contribution in [0.1, 0.15) is 45.6 Å². The molecule has 2 aromatic heterocycles. The minimum absolute atomic E-state index is 0.0649. The van der Waals surface area contributed by atoms with E-state index in [1.165, 1.54) is 24.3 Å². The lowest BCUT2D eigenvalue weighted by Gasteiger charge is -2.40. The SMILES string of the molecule is C=CC(=O)N1CCN(c2nc(=O)n([C@H]3CCCCC3(C)C)c3nc(-c4c(O)cccc4F)c(Cl)cc23)CC1. The molecule has 200 valence electrons. The van der Waals surface area contributed by atoms with Gasteiger partial charge in [0.2, 0.25) is 5.91 Å². The second-order valence-electron chi connectivity index (χ2n) is 10.7. The summed E-state index contributed by atoms with van der Waals surface area (Å²) in [6.45, 7) is 9.67. The van der Waals surface area contributed by atoms with Crippen molar-refractivity contribution in [2.24, 2.45) is 5.41 Å². The lowest BCUT2D eigenvalue weighted by molar-refractivity contribution is -0.126. The van der Waals surface area contributed by atoms with Crippen LogP contribution in [-0.2, 0) is 4.79 Å². The first-order valence-electron chi connectivity index (χ1n) is 12.9. The van der Waals surface area contributed by atoms with Crippen molar-refractivity contribution in [3.05, 3.63) is 58.2 Å². The number of hydrogen-bond donors (Lipinski definition) is 1. The fraction of sp³-hybridized carbons (Fsp3) is 0.429. The molecule has 1 saturated carbocycles. The minimum atomic E-state index is -0.664. The van der Waals surface area contributed by atoms with Crippen molar-refractivity contribution >= 4 is 34.4 Å². The molecule has 0 bridgehead atoms. The second kappa shape index (κ2) is 10.0. The van der Waals surface area contributed by atoms with Crippen molar-refractivity contribution < 1.29 is 14.3 Å². The van der Waals surface area contributed by atoms with E-state index in [-0.39, 0.29) is 39.4 Å². The van der Waals surface area contributed by atoms with Crippen LogP contribution < -0.4 is 10.6 Å². The summed E-state index contributed by atoms with van der Waals surface area (Å²) in [6, 6.07) is 5.50.